The average molecular weight is 301 g/mol. The zero-order valence-corrected chi connectivity index (χ0v) is 11.4. The van der Waals surface area contributed by atoms with E-state index in [1.807, 2.05) is 12.1 Å². The molecule has 3 rings (SSSR count). The lowest BCUT2D eigenvalue weighted by atomic mass is 9.91. The van der Waals surface area contributed by atoms with E-state index >= 15 is 0 Å². The summed E-state index contributed by atoms with van der Waals surface area (Å²) in [6.45, 7) is 0.0638. The molecule has 0 aromatic heterocycles. The molecule has 0 amide bonds. The maximum atomic E-state index is 9.73. The van der Waals surface area contributed by atoms with E-state index in [0.29, 0.717) is 0 Å². The van der Waals surface area contributed by atoms with Crippen LogP contribution in [0.2, 0.25) is 0 Å². The van der Waals surface area contributed by atoms with Crippen molar-refractivity contribution in [1.82, 2.24) is 0 Å². The van der Waals surface area contributed by atoms with E-state index in [0.717, 1.165) is 27.3 Å². The lowest BCUT2D eigenvalue weighted by molar-refractivity contribution is 0.349. The average Bonchev–Trinajstić information content (AvgIpc) is 2.54. The normalized spacial score (nSPS) is 17.7. The summed E-state index contributed by atoms with van der Waals surface area (Å²) in [4.78, 5) is 0. The van der Waals surface area contributed by atoms with Gasteiger partial charge in [-0.25, -0.2) is 0 Å². The number of rotatable bonds is 1. The van der Waals surface area contributed by atoms with Crippen molar-refractivity contribution in [3.63, 3.8) is 0 Å². The summed E-state index contributed by atoms with van der Waals surface area (Å²) in [5.41, 5.74) is 3.42. The molecule has 1 aromatic rings. The fraction of sp³-hybridized carbons (Fsp3) is 0.125. The first kappa shape index (κ1) is 11.7. The Balaban J connectivity index is 2.38. The van der Waals surface area contributed by atoms with Crippen LogP contribution in [0.3, 0.4) is 0 Å². The van der Waals surface area contributed by atoms with Gasteiger partial charge in [0.2, 0.25) is 0 Å². The predicted octanol–water partition coefficient (Wildman–Crippen LogP) is 2.16. The fourth-order valence-electron chi connectivity index (χ4n) is 2.47. The van der Waals surface area contributed by atoms with E-state index in [1.54, 1.807) is 0 Å². The SMILES string of the molecule is OCC1=c2ccccc2=CC=C2CC=C(Br)C=C21. The lowest BCUT2D eigenvalue weighted by Gasteiger charge is -2.16. The minimum absolute atomic E-state index is 0.0638. The molecule has 0 atom stereocenters. The zero-order valence-electron chi connectivity index (χ0n) is 9.86. The number of allylic oxidation sites excluding steroid dienone is 5. The molecule has 2 aliphatic rings. The minimum atomic E-state index is 0.0638. The molecule has 0 saturated heterocycles. The largest absolute Gasteiger partial charge is 0.392 e. The summed E-state index contributed by atoms with van der Waals surface area (Å²) >= 11 is 3.52. The molecule has 1 nitrogen and oxygen atoms in total. The molecule has 1 aromatic carbocycles. The quantitative estimate of drug-likeness (QED) is 0.843. The van der Waals surface area contributed by atoms with E-state index in [-0.39, 0.29) is 6.61 Å². The van der Waals surface area contributed by atoms with Crippen LogP contribution in [0.15, 0.2) is 58.1 Å². The van der Waals surface area contributed by atoms with Gasteiger partial charge >= 0.3 is 0 Å². The molecule has 1 N–H and O–H groups in total. The summed E-state index contributed by atoms with van der Waals surface area (Å²) in [7, 11) is 0. The maximum Gasteiger partial charge on any atom is 0.0693 e. The second kappa shape index (κ2) is 4.71. The highest BCUT2D eigenvalue weighted by molar-refractivity contribution is 9.11. The number of halogens is 1. The van der Waals surface area contributed by atoms with Crippen molar-refractivity contribution in [3.8, 4) is 0 Å². The second-order valence-electron chi connectivity index (χ2n) is 4.43. The van der Waals surface area contributed by atoms with Crippen molar-refractivity contribution in [1.29, 1.82) is 0 Å². The Morgan fingerprint density at radius 2 is 2.00 bits per heavy atom. The molecular weight excluding hydrogens is 288 g/mol. The smallest absolute Gasteiger partial charge is 0.0693 e. The van der Waals surface area contributed by atoms with Crippen LogP contribution in [0.1, 0.15) is 6.42 Å². The first-order chi connectivity index (χ1) is 8.79. The van der Waals surface area contributed by atoms with Crippen molar-refractivity contribution in [2.45, 2.75) is 6.42 Å². The van der Waals surface area contributed by atoms with Crippen LogP contribution in [0.25, 0.3) is 11.6 Å². The van der Waals surface area contributed by atoms with Crippen molar-refractivity contribution in [3.05, 3.63) is 68.6 Å². The Bertz CT molecular complexity index is 705. The van der Waals surface area contributed by atoms with E-state index in [9.17, 15) is 5.11 Å². The summed E-state index contributed by atoms with van der Waals surface area (Å²) in [5.74, 6) is 0. The van der Waals surface area contributed by atoms with Gasteiger partial charge in [-0.15, -0.1) is 0 Å². The van der Waals surface area contributed by atoms with E-state index in [1.165, 1.54) is 10.8 Å². The highest BCUT2D eigenvalue weighted by atomic mass is 79.9. The van der Waals surface area contributed by atoms with E-state index in [4.69, 9.17) is 0 Å². The molecule has 2 heteroatoms. The third-order valence-corrected chi connectivity index (χ3v) is 3.93. The van der Waals surface area contributed by atoms with Gasteiger partial charge in [-0.2, -0.15) is 0 Å². The third kappa shape index (κ3) is 1.92. The van der Waals surface area contributed by atoms with Gasteiger partial charge < -0.3 is 5.11 Å². The predicted molar refractivity (Wildman–Crippen MR) is 78.4 cm³/mol. The van der Waals surface area contributed by atoms with Crippen LogP contribution >= 0.6 is 15.9 Å². The maximum absolute atomic E-state index is 9.73. The van der Waals surface area contributed by atoms with Crippen LogP contribution in [0.4, 0.5) is 0 Å². The fourth-order valence-corrected chi connectivity index (χ4v) is 2.86. The van der Waals surface area contributed by atoms with Crippen molar-refractivity contribution < 1.29 is 5.11 Å². The molecule has 2 aliphatic carbocycles. The monoisotopic (exact) mass is 300 g/mol. The molecule has 0 fully saturated rings. The highest BCUT2D eigenvalue weighted by Gasteiger charge is 2.15. The van der Waals surface area contributed by atoms with Crippen molar-refractivity contribution in [2.24, 2.45) is 0 Å². The van der Waals surface area contributed by atoms with Gasteiger partial charge in [0.05, 0.1) is 6.61 Å². The number of fused-ring (bicyclic) bond motifs is 2. The summed E-state index contributed by atoms with van der Waals surface area (Å²) < 4.78 is 1.08. The molecule has 0 unspecified atom stereocenters. The number of benzene rings is 1. The Labute approximate surface area is 114 Å². The molecule has 18 heavy (non-hydrogen) atoms. The van der Waals surface area contributed by atoms with Gasteiger partial charge in [-0.1, -0.05) is 58.4 Å². The van der Waals surface area contributed by atoms with Crippen LogP contribution in [-0.2, 0) is 0 Å². The lowest BCUT2D eigenvalue weighted by Crippen LogP contribution is -2.27. The summed E-state index contributed by atoms with van der Waals surface area (Å²) in [6.07, 6.45) is 9.43. The summed E-state index contributed by atoms with van der Waals surface area (Å²) in [5, 5.41) is 12.0. The zero-order chi connectivity index (χ0) is 12.5. The second-order valence-corrected chi connectivity index (χ2v) is 5.35. The molecule has 0 saturated carbocycles. The Morgan fingerprint density at radius 1 is 1.17 bits per heavy atom. The Morgan fingerprint density at radius 3 is 2.83 bits per heavy atom. The molecule has 0 spiro atoms. The number of hydrogen-bond acceptors (Lipinski definition) is 1. The molecule has 90 valence electrons. The Kier molecular flexibility index (Phi) is 3.06. The molecule has 0 aliphatic heterocycles. The van der Waals surface area contributed by atoms with Crippen molar-refractivity contribution in [2.75, 3.05) is 6.61 Å². The van der Waals surface area contributed by atoms with Crippen LogP contribution in [0, 0.1) is 0 Å². The topological polar surface area (TPSA) is 20.2 Å². The van der Waals surface area contributed by atoms with Gasteiger partial charge in [-0.05, 0) is 39.7 Å². The first-order valence-electron chi connectivity index (χ1n) is 5.97. The van der Waals surface area contributed by atoms with Gasteiger partial charge in [0, 0.05) is 4.48 Å². The molecular formula is C16H13BrO. The van der Waals surface area contributed by atoms with Crippen molar-refractivity contribution >= 4 is 27.6 Å². The molecule has 0 radical (unpaired) electrons. The molecule has 0 bridgehead atoms. The van der Waals surface area contributed by atoms with Gasteiger partial charge in [0.15, 0.2) is 0 Å². The Hall–Kier alpha value is -1.38. The van der Waals surface area contributed by atoms with E-state index < -0.39 is 0 Å². The standard InChI is InChI=1S/C16H13BrO/c17-13-8-7-12-6-5-11-3-1-2-4-14(11)16(10-18)15(12)9-13/h1-6,8-9,18H,7,10H2. The first-order valence-corrected chi connectivity index (χ1v) is 6.77. The van der Waals surface area contributed by atoms with Gasteiger partial charge in [0.1, 0.15) is 0 Å². The summed E-state index contributed by atoms with van der Waals surface area (Å²) in [6, 6.07) is 8.20. The highest BCUT2D eigenvalue weighted by Crippen LogP contribution is 2.31. The van der Waals surface area contributed by atoms with E-state index in [2.05, 4.69) is 52.4 Å². The number of aliphatic hydroxyl groups excluding tert-OH is 1. The number of hydrogen-bond donors (Lipinski definition) is 1. The van der Waals surface area contributed by atoms with Gasteiger partial charge in [-0.3, -0.25) is 0 Å². The van der Waals surface area contributed by atoms with Crippen LogP contribution < -0.4 is 10.4 Å². The number of aliphatic hydroxyl groups is 1. The minimum Gasteiger partial charge on any atom is -0.392 e. The van der Waals surface area contributed by atoms with Crippen LogP contribution in [0.5, 0.6) is 0 Å². The third-order valence-electron chi connectivity index (χ3n) is 3.38. The van der Waals surface area contributed by atoms with Crippen LogP contribution in [-0.4, -0.2) is 11.7 Å². The van der Waals surface area contributed by atoms with Gasteiger partial charge in [0.25, 0.3) is 0 Å². The molecule has 0 heterocycles.